The maximum Gasteiger partial charge on any atom is 0.330 e. The van der Waals surface area contributed by atoms with Gasteiger partial charge in [-0.3, -0.25) is 0 Å². The molecule has 120 valence electrons. The van der Waals surface area contributed by atoms with Crippen molar-refractivity contribution in [3.05, 3.63) is 78.5 Å². The summed E-state index contributed by atoms with van der Waals surface area (Å²) in [6.07, 6.45) is 5.09. The summed E-state index contributed by atoms with van der Waals surface area (Å²) in [5, 5.41) is 4.69. The van der Waals surface area contributed by atoms with Gasteiger partial charge in [0.25, 0.3) is 0 Å². The third-order valence-electron chi connectivity index (χ3n) is 3.50. The van der Waals surface area contributed by atoms with E-state index in [1.807, 2.05) is 71.5 Å². The molecule has 0 saturated heterocycles. The molecule has 0 bridgehead atoms. The summed E-state index contributed by atoms with van der Waals surface area (Å²) in [6.45, 7) is 2.15. The minimum absolute atomic E-state index is 0.357. The summed E-state index contributed by atoms with van der Waals surface area (Å²) in [5.41, 5.74) is 3.64. The summed E-state index contributed by atoms with van der Waals surface area (Å²) in [7, 11) is 0. The van der Waals surface area contributed by atoms with E-state index in [2.05, 4.69) is 5.10 Å². The lowest BCUT2D eigenvalue weighted by molar-refractivity contribution is -0.137. The molecule has 0 aliphatic heterocycles. The Morgan fingerprint density at radius 1 is 1.08 bits per heavy atom. The van der Waals surface area contributed by atoms with Crippen molar-refractivity contribution in [1.82, 2.24) is 9.78 Å². The molecule has 4 heteroatoms. The van der Waals surface area contributed by atoms with Gasteiger partial charge in [0, 0.05) is 23.4 Å². The quantitative estimate of drug-likeness (QED) is 0.525. The van der Waals surface area contributed by atoms with Crippen molar-refractivity contribution in [3.63, 3.8) is 0 Å². The van der Waals surface area contributed by atoms with Crippen molar-refractivity contribution in [2.24, 2.45) is 0 Å². The number of hydrogen-bond acceptors (Lipinski definition) is 3. The van der Waals surface area contributed by atoms with Gasteiger partial charge < -0.3 is 4.74 Å². The van der Waals surface area contributed by atoms with Crippen LogP contribution in [-0.2, 0) is 9.53 Å². The van der Waals surface area contributed by atoms with Gasteiger partial charge in [-0.2, -0.15) is 5.10 Å². The third-order valence-corrected chi connectivity index (χ3v) is 3.50. The Morgan fingerprint density at radius 2 is 1.75 bits per heavy atom. The van der Waals surface area contributed by atoms with E-state index in [1.54, 1.807) is 13.0 Å². The van der Waals surface area contributed by atoms with Gasteiger partial charge in [0.1, 0.15) is 0 Å². The highest BCUT2D eigenvalue weighted by molar-refractivity contribution is 5.88. The normalized spacial score (nSPS) is 10.9. The smallest absolute Gasteiger partial charge is 0.330 e. The molecule has 3 aromatic rings. The highest BCUT2D eigenvalue weighted by Gasteiger charge is 2.10. The second kappa shape index (κ2) is 7.42. The van der Waals surface area contributed by atoms with Crippen LogP contribution in [0.25, 0.3) is 23.0 Å². The lowest BCUT2D eigenvalue weighted by Gasteiger charge is -2.00. The zero-order valence-corrected chi connectivity index (χ0v) is 13.4. The van der Waals surface area contributed by atoms with Crippen molar-refractivity contribution in [2.75, 3.05) is 6.61 Å². The Morgan fingerprint density at radius 3 is 2.42 bits per heavy atom. The second-order valence-corrected chi connectivity index (χ2v) is 5.16. The predicted octanol–water partition coefficient (Wildman–Crippen LogP) is 4.12. The van der Waals surface area contributed by atoms with Crippen molar-refractivity contribution in [1.29, 1.82) is 0 Å². The molecule has 0 unspecified atom stereocenters. The Labute approximate surface area is 141 Å². The van der Waals surface area contributed by atoms with Gasteiger partial charge in [0.15, 0.2) is 0 Å². The van der Waals surface area contributed by atoms with E-state index in [9.17, 15) is 4.79 Å². The monoisotopic (exact) mass is 318 g/mol. The van der Waals surface area contributed by atoms with Crippen LogP contribution in [0.2, 0.25) is 0 Å². The lowest BCUT2D eigenvalue weighted by atomic mass is 10.1. The Hall–Kier alpha value is -3.14. The van der Waals surface area contributed by atoms with Crippen molar-refractivity contribution in [3.8, 4) is 16.9 Å². The van der Waals surface area contributed by atoms with Crippen LogP contribution < -0.4 is 0 Å². The predicted molar refractivity (Wildman–Crippen MR) is 94.7 cm³/mol. The maximum atomic E-state index is 11.6. The molecule has 4 nitrogen and oxygen atoms in total. The number of nitrogens with zero attached hydrogens (tertiary/aromatic N) is 2. The largest absolute Gasteiger partial charge is 0.463 e. The van der Waals surface area contributed by atoms with E-state index in [-0.39, 0.29) is 5.97 Å². The first-order valence-corrected chi connectivity index (χ1v) is 7.83. The number of hydrogen-bond donors (Lipinski definition) is 0. The van der Waals surface area contributed by atoms with E-state index in [0.717, 1.165) is 22.5 Å². The van der Waals surface area contributed by atoms with Crippen LogP contribution >= 0.6 is 0 Å². The molecular formula is C20H18N2O2. The molecule has 0 spiro atoms. The third kappa shape index (κ3) is 3.60. The Balaban J connectivity index is 2.02. The number of aromatic nitrogens is 2. The summed E-state index contributed by atoms with van der Waals surface area (Å²) < 4.78 is 6.76. The average molecular weight is 318 g/mol. The first-order chi connectivity index (χ1) is 11.8. The van der Waals surface area contributed by atoms with Crippen LogP contribution in [0.15, 0.2) is 72.9 Å². The lowest BCUT2D eigenvalue weighted by Crippen LogP contribution is -1.98. The Bertz CT molecular complexity index is 837. The van der Waals surface area contributed by atoms with Crippen LogP contribution in [0.1, 0.15) is 12.5 Å². The van der Waals surface area contributed by atoms with Gasteiger partial charge in [0.05, 0.1) is 18.0 Å². The number of rotatable bonds is 5. The fraction of sp³-hybridized carbons (Fsp3) is 0.100. The van der Waals surface area contributed by atoms with Gasteiger partial charge in [0.2, 0.25) is 0 Å². The van der Waals surface area contributed by atoms with Crippen molar-refractivity contribution < 1.29 is 9.53 Å². The molecule has 0 amide bonds. The van der Waals surface area contributed by atoms with Gasteiger partial charge in [-0.15, -0.1) is 0 Å². The van der Waals surface area contributed by atoms with Crippen LogP contribution in [0.3, 0.4) is 0 Å². The Kier molecular flexibility index (Phi) is 4.87. The molecule has 24 heavy (non-hydrogen) atoms. The van der Waals surface area contributed by atoms with E-state index in [4.69, 9.17) is 4.74 Å². The zero-order chi connectivity index (χ0) is 16.8. The average Bonchev–Trinajstić information content (AvgIpc) is 3.06. The number of esters is 1. The summed E-state index contributed by atoms with van der Waals surface area (Å²) in [6, 6.07) is 19.8. The second-order valence-electron chi connectivity index (χ2n) is 5.16. The fourth-order valence-electron chi connectivity index (χ4n) is 2.39. The fourth-order valence-corrected chi connectivity index (χ4v) is 2.39. The topological polar surface area (TPSA) is 44.1 Å². The molecule has 0 aliphatic rings. The van der Waals surface area contributed by atoms with Gasteiger partial charge in [-0.05, 0) is 25.1 Å². The van der Waals surface area contributed by atoms with Gasteiger partial charge in [-0.1, -0.05) is 48.5 Å². The van der Waals surface area contributed by atoms with Gasteiger partial charge >= 0.3 is 5.97 Å². The van der Waals surface area contributed by atoms with E-state index in [0.29, 0.717) is 6.61 Å². The van der Waals surface area contributed by atoms with Crippen LogP contribution in [-0.4, -0.2) is 22.4 Å². The minimum Gasteiger partial charge on any atom is -0.463 e. The minimum atomic E-state index is -0.357. The summed E-state index contributed by atoms with van der Waals surface area (Å²) in [5.74, 6) is -0.357. The van der Waals surface area contributed by atoms with E-state index >= 15 is 0 Å². The van der Waals surface area contributed by atoms with E-state index < -0.39 is 0 Å². The van der Waals surface area contributed by atoms with Gasteiger partial charge in [-0.25, -0.2) is 9.48 Å². The molecule has 0 aliphatic carbocycles. The first kappa shape index (κ1) is 15.7. The van der Waals surface area contributed by atoms with Crippen molar-refractivity contribution >= 4 is 12.0 Å². The SMILES string of the molecule is CCOC(=O)/C=C/c1cn(-c2ccccc2)nc1-c1ccccc1. The highest BCUT2D eigenvalue weighted by Crippen LogP contribution is 2.24. The zero-order valence-electron chi connectivity index (χ0n) is 13.4. The molecule has 0 fully saturated rings. The molecule has 0 atom stereocenters. The number of para-hydroxylation sites is 1. The van der Waals surface area contributed by atoms with Crippen LogP contribution in [0.5, 0.6) is 0 Å². The number of benzene rings is 2. The number of carbonyl (C=O) groups is 1. The molecule has 1 aromatic heterocycles. The summed E-state index contributed by atoms with van der Waals surface area (Å²) >= 11 is 0. The summed E-state index contributed by atoms with van der Waals surface area (Å²) in [4.78, 5) is 11.6. The molecule has 0 N–H and O–H groups in total. The molecule has 1 heterocycles. The molecular weight excluding hydrogens is 300 g/mol. The van der Waals surface area contributed by atoms with Crippen LogP contribution in [0, 0.1) is 0 Å². The number of carbonyl (C=O) groups excluding carboxylic acids is 1. The van der Waals surface area contributed by atoms with Crippen molar-refractivity contribution in [2.45, 2.75) is 6.92 Å². The highest BCUT2D eigenvalue weighted by atomic mass is 16.5. The van der Waals surface area contributed by atoms with Crippen LogP contribution in [0.4, 0.5) is 0 Å². The standard InChI is InChI=1S/C20H18N2O2/c1-2-24-19(23)14-13-17-15-22(18-11-7-4-8-12-18)21-20(17)16-9-5-3-6-10-16/h3-15H,2H2,1H3/b14-13+. The number of ether oxygens (including phenoxy) is 1. The first-order valence-electron chi connectivity index (χ1n) is 7.83. The molecule has 2 aromatic carbocycles. The molecule has 0 saturated carbocycles. The molecule has 0 radical (unpaired) electrons. The molecule has 3 rings (SSSR count). The van der Waals surface area contributed by atoms with E-state index in [1.165, 1.54) is 6.08 Å². The maximum absolute atomic E-state index is 11.6.